The Morgan fingerprint density at radius 3 is 2.84 bits per heavy atom. The van der Waals surface area contributed by atoms with Crippen LogP contribution in [0.2, 0.25) is 5.02 Å². The van der Waals surface area contributed by atoms with Crippen LogP contribution in [0.1, 0.15) is 17.5 Å². The molecule has 2 aromatic rings. The van der Waals surface area contributed by atoms with E-state index in [-0.39, 0.29) is 18.2 Å². The van der Waals surface area contributed by atoms with E-state index in [1.165, 1.54) is 0 Å². The van der Waals surface area contributed by atoms with Crippen molar-refractivity contribution in [2.75, 3.05) is 16.8 Å². The molecule has 3 rings (SSSR count). The van der Waals surface area contributed by atoms with Crippen molar-refractivity contribution in [3.05, 3.63) is 58.6 Å². The average Bonchev–Trinajstić information content (AvgIpc) is 2.99. The van der Waals surface area contributed by atoms with Crippen LogP contribution in [0.25, 0.3) is 0 Å². The molecule has 25 heavy (non-hydrogen) atoms. The number of carbonyl (C=O) groups excluding carboxylic acids is 2. The Balaban J connectivity index is 1.74. The zero-order valence-corrected chi connectivity index (χ0v) is 14.4. The van der Waals surface area contributed by atoms with Gasteiger partial charge in [-0.2, -0.15) is 5.26 Å². The second kappa shape index (κ2) is 6.96. The van der Waals surface area contributed by atoms with Gasteiger partial charge in [0.05, 0.1) is 17.6 Å². The number of hydrogen-bond donors (Lipinski definition) is 1. The van der Waals surface area contributed by atoms with Gasteiger partial charge in [-0.25, -0.2) is 0 Å². The SMILES string of the molecule is Cc1c(Cl)cccc1N1CC(C(=O)Nc2cccc(C#N)c2)CC1=O. The second-order valence-electron chi connectivity index (χ2n) is 5.97. The number of hydrogen-bond acceptors (Lipinski definition) is 3. The summed E-state index contributed by atoms with van der Waals surface area (Å²) in [4.78, 5) is 26.5. The standard InChI is InChI=1S/C19H16ClN3O2/c1-12-16(20)6-3-7-17(12)23-11-14(9-18(23)24)19(25)22-15-5-2-4-13(8-15)10-21/h2-8,14H,9,11H2,1H3,(H,22,25). The largest absolute Gasteiger partial charge is 0.326 e. The molecule has 0 aromatic heterocycles. The number of benzene rings is 2. The highest BCUT2D eigenvalue weighted by Gasteiger charge is 2.35. The normalized spacial score (nSPS) is 16.6. The van der Waals surface area contributed by atoms with Crippen LogP contribution < -0.4 is 10.2 Å². The number of amides is 2. The van der Waals surface area contributed by atoms with E-state index in [4.69, 9.17) is 16.9 Å². The highest BCUT2D eigenvalue weighted by Crippen LogP contribution is 2.31. The molecule has 0 spiro atoms. The highest BCUT2D eigenvalue weighted by molar-refractivity contribution is 6.31. The topological polar surface area (TPSA) is 73.2 Å². The van der Waals surface area contributed by atoms with Crippen molar-refractivity contribution in [3.63, 3.8) is 0 Å². The van der Waals surface area contributed by atoms with E-state index in [0.717, 1.165) is 11.3 Å². The molecular formula is C19H16ClN3O2. The van der Waals surface area contributed by atoms with Gasteiger partial charge in [-0.1, -0.05) is 23.7 Å². The van der Waals surface area contributed by atoms with Crippen LogP contribution in [0.4, 0.5) is 11.4 Å². The van der Waals surface area contributed by atoms with Gasteiger partial charge in [0, 0.05) is 29.4 Å². The van der Waals surface area contributed by atoms with Gasteiger partial charge in [0.15, 0.2) is 0 Å². The van der Waals surface area contributed by atoms with Crippen molar-refractivity contribution >= 4 is 34.8 Å². The molecular weight excluding hydrogens is 338 g/mol. The van der Waals surface area contributed by atoms with Crippen molar-refractivity contribution in [1.29, 1.82) is 5.26 Å². The molecule has 0 aliphatic carbocycles. The molecule has 1 aliphatic heterocycles. The first kappa shape index (κ1) is 17.0. The fourth-order valence-corrected chi connectivity index (χ4v) is 3.08. The van der Waals surface area contributed by atoms with Gasteiger partial charge >= 0.3 is 0 Å². The number of nitrogens with zero attached hydrogens (tertiary/aromatic N) is 2. The van der Waals surface area contributed by atoms with Crippen molar-refractivity contribution in [2.24, 2.45) is 5.92 Å². The summed E-state index contributed by atoms with van der Waals surface area (Å²) >= 11 is 6.13. The molecule has 2 amide bonds. The van der Waals surface area contributed by atoms with Crippen LogP contribution in [0, 0.1) is 24.2 Å². The van der Waals surface area contributed by atoms with Gasteiger partial charge in [0.25, 0.3) is 0 Å². The lowest BCUT2D eigenvalue weighted by atomic mass is 10.1. The molecule has 1 atom stereocenters. The summed E-state index contributed by atoms with van der Waals surface area (Å²) in [5, 5.41) is 12.3. The van der Waals surface area contributed by atoms with E-state index >= 15 is 0 Å². The van der Waals surface area contributed by atoms with Crippen LogP contribution in [0.15, 0.2) is 42.5 Å². The van der Waals surface area contributed by atoms with Crippen LogP contribution in [-0.2, 0) is 9.59 Å². The number of halogens is 1. The summed E-state index contributed by atoms with van der Waals surface area (Å²) in [7, 11) is 0. The molecule has 2 aromatic carbocycles. The maximum Gasteiger partial charge on any atom is 0.229 e. The van der Waals surface area contributed by atoms with E-state index < -0.39 is 5.92 Å². The summed E-state index contributed by atoms with van der Waals surface area (Å²) < 4.78 is 0. The fraction of sp³-hybridized carbons (Fsp3) is 0.211. The third-order valence-corrected chi connectivity index (χ3v) is 4.69. The minimum atomic E-state index is -0.448. The van der Waals surface area contributed by atoms with Gasteiger partial charge in [-0.3, -0.25) is 9.59 Å². The lowest BCUT2D eigenvalue weighted by molar-refractivity contribution is -0.122. The van der Waals surface area contributed by atoms with Crippen molar-refractivity contribution < 1.29 is 9.59 Å². The van der Waals surface area contributed by atoms with Crippen molar-refractivity contribution in [3.8, 4) is 6.07 Å². The minimum Gasteiger partial charge on any atom is -0.326 e. The van der Waals surface area contributed by atoms with E-state index in [9.17, 15) is 9.59 Å². The Labute approximate surface area is 150 Å². The zero-order chi connectivity index (χ0) is 18.0. The van der Waals surface area contributed by atoms with Gasteiger partial charge in [-0.05, 0) is 42.8 Å². The third kappa shape index (κ3) is 3.49. The van der Waals surface area contributed by atoms with E-state index in [2.05, 4.69) is 5.32 Å². The maximum atomic E-state index is 12.5. The van der Waals surface area contributed by atoms with Crippen LogP contribution >= 0.6 is 11.6 Å². The van der Waals surface area contributed by atoms with Crippen molar-refractivity contribution in [1.82, 2.24) is 0 Å². The Kier molecular flexibility index (Phi) is 4.73. The second-order valence-corrected chi connectivity index (χ2v) is 6.38. The fourth-order valence-electron chi connectivity index (χ4n) is 2.92. The molecule has 126 valence electrons. The maximum absolute atomic E-state index is 12.5. The molecule has 0 bridgehead atoms. The summed E-state index contributed by atoms with van der Waals surface area (Å²) in [5.74, 6) is -0.779. The summed E-state index contributed by atoms with van der Waals surface area (Å²) in [6, 6.07) is 14.1. The Bertz CT molecular complexity index is 888. The summed E-state index contributed by atoms with van der Waals surface area (Å²) in [6.45, 7) is 2.16. The Hall–Kier alpha value is -2.84. The lowest BCUT2D eigenvalue weighted by Crippen LogP contribution is -2.28. The molecule has 1 N–H and O–H groups in total. The Morgan fingerprint density at radius 2 is 2.08 bits per heavy atom. The molecule has 0 saturated carbocycles. The number of anilines is 2. The van der Waals surface area contributed by atoms with Gasteiger partial charge in [-0.15, -0.1) is 0 Å². The van der Waals surface area contributed by atoms with E-state index in [0.29, 0.717) is 22.8 Å². The molecule has 6 heteroatoms. The molecule has 5 nitrogen and oxygen atoms in total. The van der Waals surface area contributed by atoms with Gasteiger partial charge in [0.2, 0.25) is 11.8 Å². The lowest BCUT2D eigenvalue weighted by Gasteiger charge is -2.19. The number of nitrogens with one attached hydrogen (secondary N) is 1. The predicted octanol–water partition coefficient (Wildman–Crippen LogP) is 3.51. The van der Waals surface area contributed by atoms with Gasteiger partial charge in [0.1, 0.15) is 0 Å². The number of carbonyl (C=O) groups is 2. The molecule has 1 fully saturated rings. The molecule has 1 heterocycles. The summed E-state index contributed by atoms with van der Waals surface area (Å²) in [6.07, 6.45) is 0.149. The zero-order valence-electron chi connectivity index (χ0n) is 13.6. The first-order chi connectivity index (χ1) is 12.0. The minimum absolute atomic E-state index is 0.101. The summed E-state index contributed by atoms with van der Waals surface area (Å²) in [5.41, 5.74) is 2.57. The smallest absolute Gasteiger partial charge is 0.229 e. The molecule has 1 aliphatic rings. The Morgan fingerprint density at radius 1 is 1.32 bits per heavy atom. The quantitative estimate of drug-likeness (QED) is 0.917. The third-order valence-electron chi connectivity index (χ3n) is 4.28. The monoisotopic (exact) mass is 353 g/mol. The number of rotatable bonds is 3. The van der Waals surface area contributed by atoms with Crippen molar-refractivity contribution in [2.45, 2.75) is 13.3 Å². The van der Waals surface area contributed by atoms with E-state index in [1.807, 2.05) is 19.1 Å². The highest BCUT2D eigenvalue weighted by atomic mass is 35.5. The number of nitriles is 1. The molecule has 0 radical (unpaired) electrons. The molecule has 1 unspecified atom stereocenters. The van der Waals surface area contributed by atoms with E-state index in [1.54, 1.807) is 41.3 Å². The molecule has 1 saturated heterocycles. The van der Waals surface area contributed by atoms with Crippen LogP contribution in [-0.4, -0.2) is 18.4 Å². The average molecular weight is 354 g/mol. The first-order valence-electron chi connectivity index (χ1n) is 7.86. The van der Waals surface area contributed by atoms with Crippen LogP contribution in [0.5, 0.6) is 0 Å². The van der Waals surface area contributed by atoms with Crippen LogP contribution in [0.3, 0.4) is 0 Å². The van der Waals surface area contributed by atoms with Gasteiger partial charge < -0.3 is 10.2 Å². The first-order valence-corrected chi connectivity index (χ1v) is 8.24. The predicted molar refractivity (Wildman–Crippen MR) is 96.4 cm³/mol.